The zero-order valence-corrected chi connectivity index (χ0v) is 14.8. The van der Waals surface area contributed by atoms with Crippen LogP contribution in [0.5, 0.6) is 0 Å². The smallest absolute Gasteiger partial charge is 0.179 e. The topological polar surface area (TPSA) is 64.7 Å². The quantitative estimate of drug-likeness (QED) is 0.853. The molecule has 2 aromatic rings. The van der Waals surface area contributed by atoms with E-state index >= 15 is 0 Å². The molecule has 2 aromatic heterocycles. The van der Waals surface area contributed by atoms with Crippen molar-refractivity contribution in [3.05, 3.63) is 38.2 Å². The molecule has 1 atom stereocenters. The van der Waals surface area contributed by atoms with Crippen LogP contribution in [-0.2, 0) is 0 Å². The first kappa shape index (κ1) is 15.5. The van der Waals surface area contributed by atoms with Gasteiger partial charge in [-0.3, -0.25) is 4.98 Å². The van der Waals surface area contributed by atoms with E-state index in [4.69, 9.17) is 5.73 Å². The summed E-state index contributed by atoms with van der Waals surface area (Å²) in [6.07, 6.45) is 1.74. The lowest BCUT2D eigenvalue weighted by Crippen LogP contribution is -2.14. The van der Waals surface area contributed by atoms with Gasteiger partial charge in [0.05, 0.1) is 0 Å². The second-order valence-electron chi connectivity index (χ2n) is 4.75. The minimum atomic E-state index is 0.255. The first-order valence-corrected chi connectivity index (χ1v) is 7.89. The second kappa shape index (κ2) is 6.28. The predicted octanol–water partition coefficient (Wildman–Crippen LogP) is 3.74. The summed E-state index contributed by atoms with van der Waals surface area (Å²) in [6.45, 7) is 6.66. The molecule has 0 saturated heterocycles. The van der Waals surface area contributed by atoms with Gasteiger partial charge in [0.15, 0.2) is 5.82 Å². The maximum Gasteiger partial charge on any atom is 0.179 e. The molecular formula is C14H16Br2N4. The Kier molecular flexibility index (Phi) is 4.88. The summed E-state index contributed by atoms with van der Waals surface area (Å²) in [7, 11) is 0. The third-order valence-electron chi connectivity index (χ3n) is 3.19. The number of hydrogen-bond acceptors (Lipinski definition) is 4. The van der Waals surface area contributed by atoms with Crippen molar-refractivity contribution in [2.24, 2.45) is 5.73 Å². The van der Waals surface area contributed by atoms with Gasteiger partial charge < -0.3 is 5.73 Å². The van der Waals surface area contributed by atoms with E-state index in [1.165, 1.54) is 0 Å². The van der Waals surface area contributed by atoms with Crippen molar-refractivity contribution in [2.75, 3.05) is 6.54 Å². The summed E-state index contributed by atoms with van der Waals surface area (Å²) >= 11 is 6.89. The van der Waals surface area contributed by atoms with Crippen LogP contribution in [-0.4, -0.2) is 21.5 Å². The zero-order chi connectivity index (χ0) is 14.9. The first-order valence-electron chi connectivity index (χ1n) is 6.30. The van der Waals surface area contributed by atoms with Crippen molar-refractivity contribution in [1.29, 1.82) is 0 Å². The molecule has 2 N–H and O–H groups in total. The van der Waals surface area contributed by atoms with Crippen LogP contribution in [0.3, 0.4) is 0 Å². The Morgan fingerprint density at radius 2 is 1.80 bits per heavy atom. The Bertz CT molecular complexity index is 620. The highest BCUT2D eigenvalue weighted by Crippen LogP contribution is 2.28. The Morgan fingerprint density at radius 1 is 1.20 bits per heavy atom. The molecule has 0 aliphatic heterocycles. The summed E-state index contributed by atoms with van der Waals surface area (Å²) in [5, 5.41) is 0. The summed E-state index contributed by atoms with van der Waals surface area (Å²) < 4.78 is 1.78. The molecule has 0 bridgehead atoms. The van der Waals surface area contributed by atoms with E-state index in [1.807, 2.05) is 19.9 Å². The lowest BCUT2D eigenvalue weighted by atomic mass is 9.98. The van der Waals surface area contributed by atoms with Crippen molar-refractivity contribution in [2.45, 2.75) is 26.7 Å². The molecule has 0 aliphatic carbocycles. The van der Waals surface area contributed by atoms with Gasteiger partial charge >= 0.3 is 0 Å². The highest BCUT2D eigenvalue weighted by Gasteiger charge is 2.16. The van der Waals surface area contributed by atoms with E-state index in [9.17, 15) is 0 Å². The lowest BCUT2D eigenvalue weighted by molar-refractivity contribution is 0.743. The van der Waals surface area contributed by atoms with Gasteiger partial charge in [-0.05, 0) is 69.8 Å². The van der Waals surface area contributed by atoms with Crippen molar-refractivity contribution >= 4 is 31.9 Å². The molecule has 20 heavy (non-hydrogen) atoms. The summed E-state index contributed by atoms with van der Waals surface area (Å²) in [4.78, 5) is 13.6. The van der Waals surface area contributed by atoms with Crippen LogP contribution < -0.4 is 5.73 Å². The van der Waals surface area contributed by atoms with Crippen molar-refractivity contribution in [3.8, 4) is 11.5 Å². The molecule has 2 heterocycles. The summed E-state index contributed by atoms with van der Waals surface area (Å²) in [6, 6.07) is 1.94. The van der Waals surface area contributed by atoms with Crippen LogP contribution >= 0.6 is 31.9 Å². The molecule has 0 saturated carbocycles. The number of nitrogens with zero attached hydrogens (tertiary/aromatic N) is 3. The predicted molar refractivity (Wildman–Crippen MR) is 87.6 cm³/mol. The molecule has 4 nitrogen and oxygen atoms in total. The first-order chi connectivity index (χ1) is 9.43. The monoisotopic (exact) mass is 398 g/mol. The van der Waals surface area contributed by atoms with Gasteiger partial charge in [0.1, 0.15) is 5.69 Å². The molecule has 0 aliphatic rings. The molecule has 0 radical (unpaired) electrons. The van der Waals surface area contributed by atoms with Gasteiger partial charge in [0.25, 0.3) is 0 Å². The fourth-order valence-electron chi connectivity index (χ4n) is 2.24. The van der Waals surface area contributed by atoms with E-state index in [1.54, 1.807) is 6.20 Å². The third-order valence-corrected chi connectivity index (χ3v) is 4.23. The fraction of sp³-hybridized carbons (Fsp3) is 0.357. The zero-order valence-electron chi connectivity index (χ0n) is 11.6. The second-order valence-corrected chi connectivity index (χ2v) is 6.52. The molecule has 0 aromatic carbocycles. The molecule has 106 valence electrons. The summed E-state index contributed by atoms with van der Waals surface area (Å²) in [5.41, 5.74) is 9.54. The van der Waals surface area contributed by atoms with Crippen LogP contribution in [0.4, 0.5) is 0 Å². The molecule has 6 heteroatoms. The third kappa shape index (κ3) is 3.07. The Hall–Kier alpha value is -0.850. The number of aryl methyl sites for hydroxylation is 2. The van der Waals surface area contributed by atoms with Gasteiger partial charge in [-0.1, -0.05) is 6.92 Å². The largest absolute Gasteiger partial charge is 0.330 e. The highest BCUT2D eigenvalue weighted by molar-refractivity contribution is 9.11. The lowest BCUT2D eigenvalue weighted by Gasteiger charge is -2.15. The van der Waals surface area contributed by atoms with Gasteiger partial charge in [-0.25, -0.2) is 9.97 Å². The highest BCUT2D eigenvalue weighted by atomic mass is 79.9. The van der Waals surface area contributed by atoms with Gasteiger partial charge in [-0.15, -0.1) is 0 Å². The van der Waals surface area contributed by atoms with E-state index in [2.05, 4.69) is 53.7 Å². The standard InChI is InChI=1S/C14H16Br2N4/c1-7(5-17)12-8(2)19-14(20-9(12)3)13-11(16)4-10(15)6-18-13/h4,6-7H,5,17H2,1-3H3. The number of nitrogens with two attached hydrogens (primary N) is 1. The fourth-order valence-corrected chi connectivity index (χ4v) is 3.41. The number of halogens is 2. The minimum Gasteiger partial charge on any atom is -0.330 e. The molecule has 0 fully saturated rings. The molecular weight excluding hydrogens is 384 g/mol. The van der Waals surface area contributed by atoms with Crippen LogP contribution in [0.2, 0.25) is 0 Å². The minimum absolute atomic E-state index is 0.255. The van der Waals surface area contributed by atoms with E-state index in [-0.39, 0.29) is 5.92 Å². The number of rotatable bonds is 3. The van der Waals surface area contributed by atoms with Crippen molar-refractivity contribution < 1.29 is 0 Å². The number of hydrogen-bond donors (Lipinski definition) is 1. The summed E-state index contributed by atoms with van der Waals surface area (Å²) in [5.74, 6) is 0.887. The van der Waals surface area contributed by atoms with Crippen LogP contribution in [0.15, 0.2) is 21.2 Å². The van der Waals surface area contributed by atoms with Crippen molar-refractivity contribution in [3.63, 3.8) is 0 Å². The number of pyridine rings is 1. The van der Waals surface area contributed by atoms with Crippen LogP contribution in [0.1, 0.15) is 29.8 Å². The SMILES string of the molecule is Cc1nc(-c2ncc(Br)cc2Br)nc(C)c1C(C)CN. The Balaban J connectivity index is 2.55. The van der Waals surface area contributed by atoms with E-state index in [0.29, 0.717) is 12.4 Å². The number of aromatic nitrogens is 3. The van der Waals surface area contributed by atoms with Gasteiger partial charge in [0.2, 0.25) is 0 Å². The average molecular weight is 400 g/mol. The Morgan fingerprint density at radius 3 is 2.30 bits per heavy atom. The average Bonchev–Trinajstić information content (AvgIpc) is 2.37. The van der Waals surface area contributed by atoms with Gasteiger partial charge in [-0.2, -0.15) is 0 Å². The molecule has 0 spiro atoms. The van der Waals surface area contributed by atoms with Gasteiger partial charge in [0, 0.05) is 26.5 Å². The van der Waals surface area contributed by atoms with E-state index in [0.717, 1.165) is 31.6 Å². The maximum atomic E-state index is 5.75. The maximum absolute atomic E-state index is 5.75. The molecule has 1 unspecified atom stereocenters. The Labute approximate surface area is 135 Å². The molecule has 2 rings (SSSR count). The normalized spacial score (nSPS) is 12.5. The molecule has 0 amide bonds. The van der Waals surface area contributed by atoms with Crippen LogP contribution in [0, 0.1) is 13.8 Å². The van der Waals surface area contributed by atoms with Crippen molar-refractivity contribution in [1.82, 2.24) is 15.0 Å². The van der Waals surface area contributed by atoms with E-state index < -0.39 is 0 Å². The van der Waals surface area contributed by atoms with Crippen LogP contribution in [0.25, 0.3) is 11.5 Å².